The fourth-order valence-electron chi connectivity index (χ4n) is 2.70. The summed E-state index contributed by atoms with van der Waals surface area (Å²) in [5.74, 6) is 0.320. The summed E-state index contributed by atoms with van der Waals surface area (Å²) in [6, 6.07) is 0.505. The Kier molecular flexibility index (Phi) is 5.60. The zero-order chi connectivity index (χ0) is 13.7. The molecule has 5 heteroatoms. The first kappa shape index (κ1) is 14.8. The third-order valence-electron chi connectivity index (χ3n) is 3.85. The Morgan fingerprint density at radius 3 is 3.05 bits per heavy atom. The van der Waals surface area contributed by atoms with E-state index in [1.807, 2.05) is 6.92 Å². The Balaban J connectivity index is 1.65. The molecule has 0 spiro atoms. The summed E-state index contributed by atoms with van der Waals surface area (Å²) >= 11 is 0. The molecule has 2 N–H and O–H groups in total. The Labute approximate surface area is 115 Å². The minimum absolute atomic E-state index is 0.0679. The van der Waals surface area contributed by atoms with Gasteiger partial charge in [0.2, 0.25) is 5.91 Å². The highest BCUT2D eigenvalue weighted by Gasteiger charge is 2.25. The van der Waals surface area contributed by atoms with Gasteiger partial charge in [0.1, 0.15) is 0 Å². The van der Waals surface area contributed by atoms with Gasteiger partial charge in [0, 0.05) is 24.6 Å². The molecule has 0 aromatic rings. The van der Waals surface area contributed by atoms with Crippen LogP contribution in [0.25, 0.3) is 0 Å². The van der Waals surface area contributed by atoms with Crippen molar-refractivity contribution in [2.45, 2.75) is 51.3 Å². The summed E-state index contributed by atoms with van der Waals surface area (Å²) in [6.07, 6.45) is 3.03. The van der Waals surface area contributed by atoms with Crippen molar-refractivity contribution in [3.05, 3.63) is 0 Å². The number of hydrogen-bond acceptors (Lipinski definition) is 4. The third-order valence-corrected chi connectivity index (χ3v) is 3.85. The summed E-state index contributed by atoms with van der Waals surface area (Å²) in [5, 5.41) is 6.43. The summed E-state index contributed by atoms with van der Waals surface area (Å²) in [5.41, 5.74) is 0. The first-order chi connectivity index (χ1) is 9.15. The van der Waals surface area contributed by atoms with Crippen molar-refractivity contribution in [1.82, 2.24) is 10.6 Å². The lowest BCUT2D eigenvalue weighted by Crippen LogP contribution is -2.45. The van der Waals surface area contributed by atoms with Crippen molar-refractivity contribution in [2.24, 2.45) is 5.92 Å². The van der Waals surface area contributed by atoms with Crippen LogP contribution < -0.4 is 10.6 Å². The fraction of sp³-hybridized carbons (Fsp3) is 0.929. The molecule has 2 aliphatic heterocycles. The Hall–Kier alpha value is -0.650. The van der Waals surface area contributed by atoms with Crippen molar-refractivity contribution in [3.8, 4) is 0 Å². The summed E-state index contributed by atoms with van der Waals surface area (Å²) < 4.78 is 11.0. The number of ether oxygens (including phenoxy) is 2. The molecule has 2 saturated heterocycles. The van der Waals surface area contributed by atoms with E-state index in [9.17, 15) is 4.79 Å². The quantitative estimate of drug-likeness (QED) is 0.771. The van der Waals surface area contributed by atoms with E-state index in [0.29, 0.717) is 19.3 Å². The predicted octanol–water partition coefficient (Wildman–Crippen LogP) is 0.685. The zero-order valence-corrected chi connectivity index (χ0v) is 12.0. The van der Waals surface area contributed by atoms with Gasteiger partial charge in [0.15, 0.2) is 0 Å². The van der Waals surface area contributed by atoms with Crippen LogP contribution in [-0.4, -0.2) is 50.5 Å². The molecule has 5 nitrogen and oxygen atoms in total. The zero-order valence-electron chi connectivity index (χ0n) is 12.0. The first-order valence-electron chi connectivity index (χ1n) is 7.38. The molecule has 19 heavy (non-hydrogen) atoms. The van der Waals surface area contributed by atoms with Gasteiger partial charge in [-0.3, -0.25) is 4.79 Å². The average molecular weight is 270 g/mol. The van der Waals surface area contributed by atoms with Crippen molar-refractivity contribution in [1.29, 1.82) is 0 Å². The van der Waals surface area contributed by atoms with E-state index in [4.69, 9.17) is 9.47 Å². The standard InChI is InChI=1S/C14H26N2O3/c1-10-7-12(3-5-15-10)14(17)16-11(2)8-19-13-4-6-18-9-13/h10-13,15H,3-9H2,1-2H3,(H,16,17)/t10-,11?,12-,13?/m0/s1. The Morgan fingerprint density at radius 2 is 2.37 bits per heavy atom. The largest absolute Gasteiger partial charge is 0.379 e. The molecular weight excluding hydrogens is 244 g/mol. The van der Waals surface area contributed by atoms with Crippen LogP contribution in [0.3, 0.4) is 0 Å². The number of carbonyl (C=O) groups is 1. The smallest absolute Gasteiger partial charge is 0.223 e. The van der Waals surface area contributed by atoms with Crippen LogP contribution in [0.2, 0.25) is 0 Å². The molecule has 2 unspecified atom stereocenters. The van der Waals surface area contributed by atoms with Gasteiger partial charge in [0.25, 0.3) is 0 Å². The van der Waals surface area contributed by atoms with Gasteiger partial charge in [-0.05, 0) is 39.7 Å². The van der Waals surface area contributed by atoms with Crippen LogP contribution in [0, 0.1) is 5.92 Å². The molecular formula is C14H26N2O3. The maximum absolute atomic E-state index is 12.1. The summed E-state index contributed by atoms with van der Waals surface area (Å²) in [4.78, 5) is 12.1. The van der Waals surface area contributed by atoms with E-state index in [0.717, 1.165) is 32.4 Å². The van der Waals surface area contributed by atoms with E-state index < -0.39 is 0 Å². The number of carbonyl (C=O) groups excluding carboxylic acids is 1. The van der Waals surface area contributed by atoms with Crippen molar-refractivity contribution < 1.29 is 14.3 Å². The highest BCUT2D eigenvalue weighted by atomic mass is 16.5. The van der Waals surface area contributed by atoms with Crippen molar-refractivity contribution >= 4 is 5.91 Å². The van der Waals surface area contributed by atoms with Gasteiger partial charge in [0.05, 0.1) is 19.3 Å². The van der Waals surface area contributed by atoms with Gasteiger partial charge < -0.3 is 20.1 Å². The number of piperidine rings is 1. The molecule has 0 aromatic carbocycles. The van der Waals surface area contributed by atoms with Crippen molar-refractivity contribution in [2.75, 3.05) is 26.4 Å². The molecule has 0 bridgehead atoms. The maximum atomic E-state index is 12.1. The van der Waals surface area contributed by atoms with Crippen LogP contribution in [-0.2, 0) is 14.3 Å². The number of rotatable bonds is 5. The lowest BCUT2D eigenvalue weighted by atomic mass is 9.92. The fourth-order valence-corrected chi connectivity index (χ4v) is 2.70. The molecule has 2 heterocycles. The molecule has 0 aromatic heterocycles. The monoisotopic (exact) mass is 270 g/mol. The number of amides is 1. The summed E-state index contributed by atoms with van der Waals surface area (Å²) in [7, 11) is 0. The maximum Gasteiger partial charge on any atom is 0.223 e. The van der Waals surface area contributed by atoms with Crippen LogP contribution in [0.4, 0.5) is 0 Å². The SMILES string of the molecule is CC(COC1CCOC1)NC(=O)[C@H]1CCN[C@@H](C)C1. The molecule has 0 radical (unpaired) electrons. The van der Waals surface area contributed by atoms with Gasteiger partial charge >= 0.3 is 0 Å². The molecule has 0 aliphatic carbocycles. The lowest BCUT2D eigenvalue weighted by Gasteiger charge is -2.28. The molecule has 0 saturated carbocycles. The van der Waals surface area contributed by atoms with E-state index in [2.05, 4.69) is 17.6 Å². The third kappa shape index (κ3) is 4.75. The van der Waals surface area contributed by atoms with Crippen LogP contribution in [0.1, 0.15) is 33.1 Å². The molecule has 2 fully saturated rings. The van der Waals surface area contributed by atoms with Crippen LogP contribution >= 0.6 is 0 Å². The average Bonchev–Trinajstić information content (AvgIpc) is 2.89. The van der Waals surface area contributed by atoms with E-state index in [1.54, 1.807) is 0 Å². The Bertz CT molecular complexity index is 292. The van der Waals surface area contributed by atoms with Crippen LogP contribution in [0.15, 0.2) is 0 Å². The minimum Gasteiger partial charge on any atom is -0.379 e. The predicted molar refractivity (Wildman–Crippen MR) is 73.0 cm³/mol. The number of nitrogens with one attached hydrogen (secondary N) is 2. The van der Waals surface area contributed by atoms with Crippen LogP contribution in [0.5, 0.6) is 0 Å². The van der Waals surface area contributed by atoms with Gasteiger partial charge in [-0.25, -0.2) is 0 Å². The molecule has 2 aliphatic rings. The lowest BCUT2D eigenvalue weighted by molar-refractivity contribution is -0.127. The van der Waals surface area contributed by atoms with Gasteiger partial charge in [-0.15, -0.1) is 0 Å². The van der Waals surface area contributed by atoms with Crippen molar-refractivity contribution in [3.63, 3.8) is 0 Å². The van der Waals surface area contributed by atoms with E-state index in [1.165, 1.54) is 0 Å². The normalized spacial score (nSPS) is 33.1. The molecule has 1 amide bonds. The second-order valence-corrected chi connectivity index (χ2v) is 5.81. The molecule has 110 valence electrons. The second-order valence-electron chi connectivity index (χ2n) is 5.81. The highest BCUT2D eigenvalue weighted by molar-refractivity contribution is 5.79. The second kappa shape index (κ2) is 7.22. The first-order valence-corrected chi connectivity index (χ1v) is 7.38. The Morgan fingerprint density at radius 1 is 1.53 bits per heavy atom. The molecule has 4 atom stereocenters. The van der Waals surface area contributed by atoms with E-state index in [-0.39, 0.29) is 24.0 Å². The minimum atomic E-state index is 0.0679. The summed E-state index contributed by atoms with van der Waals surface area (Å²) in [6.45, 7) is 7.11. The number of hydrogen-bond donors (Lipinski definition) is 2. The topological polar surface area (TPSA) is 59.6 Å². The van der Waals surface area contributed by atoms with E-state index >= 15 is 0 Å². The highest BCUT2D eigenvalue weighted by Crippen LogP contribution is 2.16. The molecule has 2 rings (SSSR count). The van der Waals surface area contributed by atoms with Gasteiger partial charge in [-0.1, -0.05) is 0 Å². The van der Waals surface area contributed by atoms with Gasteiger partial charge in [-0.2, -0.15) is 0 Å².